The molecule has 1 aliphatic rings. The van der Waals surface area contributed by atoms with Crippen LogP contribution in [0.4, 0.5) is 0 Å². The third-order valence-corrected chi connectivity index (χ3v) is 7.80. The summed E-state index contributed by atoms with van der Waals surface area (Å²) in [6, 6.07) is 18.7. The molecule has 1 heteroatoms. The number of hydrogen-bond donors (Lipinski definition) is 0. The van der Waals surface area contributed by atoms with Crippen LogP contribution in [-0.4, -0.2) is 4.43 Å². The van der Waals surface area contributed by atoms with Crippen molar-refractivity contribution in [1.29, 1.82) is 0 Å². The molecule has 1 saturated carbocycles. The van der Waals surface area contributed by atoms with Crippen LogP contribution in [0, 0.1) is 5.92 Å². The normalized spacial score (nSPS) is 19.6. The molecule has 0 bridgehead atoms. The standard InChI is InChI=1S/C27H37I/c1-2-3-4-5-6-7-8-22-9-13-24(14-10-22)26-17-19-27(20-18-26)25-15-11-23(21-28)12-16-25/h9-10,13-14,17-20,23,25H,2-8,11-12,15-16,21H2,1H3/t23-,25-. The van der Waals surface area contributed by atoms with Gasteiger partial charge in [-0.1, -0.05) is 110 Å². The number of aryl methyl sites for hydroxylation is 1. The Kier molecular flexibility index (Phi) is 9.37. The summed E-state index contributed by atoms with van der Waals surface area (Å²) in [4.78, 5) is 0. The van der Waals surface area contributed by atoms with Crippen molar-refractivity contribution >= 4 is 22.6 Å². The maximum absolute atomic E-state index is 2.56. The maximum Gasteiger partial charge on any atom is 0.00237 e. The molecule has 0 aromatic heterocycles. The van der Waals surface area contributed by atoms with Crippen molar-refractivity contribution in [2.24, 2.45) is 5.92 Å². The average Bonchev–Trinajstić information content (AvgIpc) is 2.77. The molecule has 0 N–H and O–H groups in total. The van der Waals surface area contributed by atoms with Gasteiger partial charge in [0.15, 0.2) is 0 Å². The van der Waals surface area contributed by atoms with Gasteiger partial charge in [-0.25, -0.2) is 0 Å². The van der Waals surface area contributed by atoms with Crippen molar-refractivity contribution < 1.29 is 0 Å². The predicted molar refractivity (Wildman–Crippen MR) is 133 cm³/mol. The monoisotopic (exact) mass is 488 g/mol. The van der Waals surface area contributed by atoms with Gasteiger partial charge in [-0.15, -0.1) is 0 Å². The first-order valence-corrected chi connectivity index (χ1v) is 13.1. The van der Waals surface area contributed by atoms with Crippen molar-refractivity contribution in [3.05, 3.63) is 59.7 Å². The second-order valence-electron chi connectivity index (χ2n) is 8.71. The Labute approximate surface area is 186 Å². The summed E-state index contributed by atoms with van der Waals surface area (Å²) in [6.45, 7) is 2.28. The fraction of sp³-hybridized carbons (Fsp3) is 0.556. The third kappa shape index (κ3) is 6.61. The highest BCUT2D eigenvalue weighted by molar-refractivity contribution is 14.1. The lowest BCUT2D eigenvalue weighted by atomic mass is 9.79. The molecule has 0 spiro atoms. The minimum absolute atomic E-state index is 0.785. The van der Waals surface area contributed by atoms with Gasteiger partial charge in [0.05, 0.1) is 0 Å². The summed E-state index contributed by atoms with van der Waals surface area (Å²) in [5.74, 6) is 1.75. The van der Waals surface area contributed by atoms with Gasteiger partial charge >= 0.3 is 0 Å². The Balaban J connectivity index is 1.48. The van der Waals surface area contributed by atoms with Gasteiger partial charge in [0.2, 0.25) is 0 Å². The van der Waals surface area contributed by atoms with E-state index in [9.17, 15) is 0 Å². The van der Waals surface area contributed by atoms with Crippen LogP contribution in [0.5, 0.6) is 0 Å². The van der Waals surface area contributed by atoms with Gasteiger partial charge in [0.1, 0.15) is 0 Å². The predicted octanol–water partition coefficient (Wildman–Crippen LogP) is 8.97. The highest BCUT2D eigenvalue weighted by Gasteiger charge is 2.21. The molecule has 0 aliphatic heterocycles. The minimum Gasteiger partial charge on any atom is -0.0861 e. The van der Waals surface area contributed by atoms with Crippen LogP contribution >= 0.6 is 22.6 Å². The highest BCUT2D eigenvalue weighted by Crippen LogP contribution is 2.37. The molecule has 1 fully saturated rings. The Morgan fingerprint density at radius 2 is 1.29 bits per heavy atom. The molecular weight excluding hydrogens is 451 g/mol. The van der Waals surface area contributed by atoms with Crippen LogP contribution in [0.3, 0.4) is 0 Å². The zero-order valence-corrected chi connectivity index (χ0v) is 19.8. The van der Waals surface area contributed by atoms with Crippen LogP contribution in [0.15, 0.2) is 48.5 Å². The van der Waals surface area contributed by atoms with Gasteiger partial charge in [0, 0.05) is 4.43 Å². The van der Waals surface area contributed by atoms with Crippen molar-refractivity contribution in [3.8, 4) is 11.1 Å². The number of halogens is 1. The smallest absolute Gasteiger partial charge is 0.00237 e. The third-order valence-electron chi connectivity index (χ3n) is 6.55. The Morgan fingerprint density at radius 1 is 0.714 bits per heavy atom. The number of hydrogen-bond acceptors (Lipinski definition) is 0. The molecule has 2 aromatic rings. The van der Waals surface area contributed by atoms with Crippen LogP contribution in [0.2, 0.25) is 0 Å². The second kappa shape index (κ2) is 12.0. The molecule has 28 heavy (non-hydrogen) atoms. The zero-order chi connectivity index (χ0) is 19.6. The van der Waals surface area contributed by atoms with Gasteiger partial charge in [-0.2, -0.15) is 0 Å². The number of alkyl halides is 1. The number of benzene rings is 2. The van der Waals surface area contributed by atoms with Crippen LogP contribution < -0.4 is 0 Å². The van der Waals surface area contributed by atoms with Gasteiger partial charge < -0.3 is 0 Å². The highest BCUT2D eigenvalue weighted by atomic mass is 127. The lowest BCUT2D eigenvalue weighted by Crippen LogP contribution is -2.14. The molecule has 0 unspecified atom stereocenters. The lowest BCUT2D eigenvalue weighted by Gasteiger charge is -2.27. The van der Waals surface area contributed by atoms with Gasteiger partial charge in [0.25, 0.3) is 0 Å². The number of rotatable bonds is 10. The summed E-state index contributed by atoms with van der Waals surface area (Å²) in [7, 11) is 0. The molecule has 0 saturated heterocycles. The zero-order valence-electron chi connectivity index (χ0n) is 17.6. The fourth-order valence-electron chi connectivity index (χ4n) is 4.57. The molecule has 2 aromatic carbocycles. The van der Waals surface area contributed by atoms with E-state index in [2.05, 4.69) is 78.0 Å². The van der Waals surface area contributed by atoms with E-state index in [1.165, 1.54) is 91.7 Å². The molecule has 0 heterocycles. The molecule has 0 radical (unpaired) electrons. The summed E-state index contributed by atoms with van der Waals surface area (Å²) in [6.07, 6.45) is 15.1. The van der Waals surface area contributed by atoms with Crippen LogP contribution in [0.1, 0.15) is 88.2 Å². The van der Waals surface area contributed by atoms with Crippen molar-refractivity contribution in [2.45, 2.75) is 83.5 Å². The first kappa shape index (κ1) is 21.9. The van der Waals surface area contributed by atoms with E-state index in [0.29, 0.717) is 0 Å². The maximum atomic E-state index is 2.56. The van der Waals surface area contributed by atoms with E-state index < -0.39 is 0 Å². The first-order chi connectivity index (χ1) is 13.8. The van der Waals surface area contributed by atoms with E-state index in [0.717, 1.165) is 11.8 Å². The summed E-state index contributed by atoms with van der Waals surface area (Å²) in [5.41, 5.74) is 5.75. The van der Waals surface area contributed by atoms with E-state index in [4.69, 9.17) is 0 Å². The minimum atomic E-state index is 0.785. The molecule has 3 rings (SSSR count). The summed E-state index contributed by atoms with van der Waals surface area (Å²) < 4.78 is 1.33. The second-order valence-corrected chi connectivity index (χ2v) is 9.59. The van der Waals surface area contributed by atoms with Crippen molar-refractivity contribution in [3.63, 3.8) is 0 Å². The lowest BCUT2D eigenvalue weighted by molar-refractivity contribution is 0.356. The van der Waals surface area contributed by atoms with Gasteiger partial charge in [-0.05, 0) is 72.6 Å². The Bertz CT molecular complexity index is 662. The molecular formula is C27H37I. The molecule has 0 atom stereocenters. The fourth-order valence-corrected chi connectivity index (χ4v) is 5.45. The largest absolute Gasteiger partial charge is 0.0861 e. The molecule has 0 amide bonds. The Hall–Kier alpha value is -0.830. The van der Waals surface area contributed by atoms with Gasteiger partial charge in [-0.3, -0.25) is 0 Å². The SMILES string of the molecule is CCCCCCCCc1ccc(-c2ccc([C@H]3CC[C@H](CI)CC3)cc2)cc1. The van der Waals surface area contributed by atoms with Crippen LogP contribution in [0.25, 0.3) is 11.1 Å². The molecule has 0 nitrogen and oxygen atoms in total. The first-order valence-electron chi connectivity index (χ1n) is 11.6. The average molecular weight is 488 g/mol. The summed E-state index contributed by atoms with van der Waals surface area (Å²) in [5, 5.41) is 0. The number of unbranched alkanes of at least 4 members (excludes halogenated alkanes) is 5. The van der Waals surface area contributed by atoms with E-state index in [1.54, 1.807) is 5.56 Å². The quantitative estimate of drug-likeness (QED) is 0.178. The topological polar surface area (TPSA) is 0 Å². The van der Waals surface area contributed by atoms with E-state index >= 15 is 0 Å². The summed E-state index contributed by atoms with van der Waals surface area (Å²) >= 11 is 2.56. The molecule has 1 aliphatic carbocycles. The van der Waals surface area contributed by atoms with Crippen molar-refractivity contribution in [2.75, 3.05) is 4.43 Å². The van der Waals surface area contributed by atoms with E-state index in [1.807, 2.05) is 0 Å². The Morgan fingerprint density at radius 3 is 1.89 bits per heavy atom. The molecule has 152 valence electrons. The van der Waals surface area contributed by atoms with E-state index in [-0.39, 0.29) is 0 Å². The van der Waals surface area contributed by atoms with Crippen molar-refractivity contribution in [1.82, 2.24) is 0 Å². The van der Waals surface area contributed by atoms with Crippen LogP contribution in [-0.2, 0) is 6.42 Å².